The number of benzene rings is 1. The van der Waals surface area contributed by atoms with Crippen LogP contribution in [0.15, 0.2) is 12.1 Å². The number of carbonyl (C=O) groups is 2. The molecular weight excluding hydrogens is 390 g/mol. The highest BCUT2D eigenvalue weighted by Crippen LogP contribution is 2.33. The van der Waals surface area contributed by atoms with Crippen LogP contribution in [0.5, 0.6) is 0 Å². The Labute approximate surface area is 166 Å². The number of likely N-dealkylation sites (tertiary alicyclic amines) is 2. The summed E-state index contributed by atoms with van der Waals surface area (Å²) in [7, 11) is 0. The summed E-state index contributed by atoms with van der Waals surface area (Å²) < 4.78 is 54.1. The van der Waals surface area contributed by atoms with Gasteiger partial charge in [0.15, 0.2) is 17.3 Å². The Morgan fingerprint density at radius 2 is 1.83 bits per heavy atom. The molecule has 1 aromatic carbocycles. The average molecular weight is 415 g/mol. The number of amides is 2. The van der Waals surface area contributed by atoms with Crippen LogP contribution in [0.2, 0.25) is 0 Å². The van der Waals surface area contributed by atoms with Gasteiger partial charge in [0.25, 0.3) is 5.91 Å². The molecule has 2 heterocycles. The third-order valence-electron chi connectivity index (χ3n) is 5.67. The summed E-state index contributed by atoms with van der Waals surface area (Å²) in [5.41, 5.74) is 3.90. The van der Waals surface area contributed by atoms with E-state index in [9.17, 15) is 27.2 Å². The van der Waals surface area contributed by atoms with Crippen LogP contribution >= 0.6 is 0 Å². The van der Waals surface area contributed by atoms with Crippen molar-refractivity contribution in [1.29, 1.82) is 0 Å². The van der Waals surface area contributed by atoms with E-state index in [1.807, 2.05) is 0 Å². The number of fused-ring (bicyclic) bond motifs is 1. The molecule has 3 atom stereocenters. The predicted octanol–water partition coefficient (Wildman–Crippen LogP) is 2.17. The predicted molar refractivity (Wildman–Crippen MR) is 98.0 cm³/mol. The normalized spacial score (nSPS) is 22.7. The van der Waals surface area contributed by atoms with Gasteiger partial charge in [-0.2, -0.15) is 0 Å². The lowest BCUT2D eigenvalue weighted by Crippen LogP contribution is -2.45. The van der Waals surface area contributed by atoms with Gasteiger partial charge in [0.2, 0.25) is 5.91 Å². The summed E-state index contributed by atoms with van der Waals surface area (Å²) in [5, 5.41) is 0. The van der Waals surface area contributed by atoms with E-state index in [4.69, 9.17) is 5.73 Å². The topological polar surface area (TPSA) is 66.6 Å². The molecule has 3 unspecified atom stereocenters. The molecule has 2 saturated heterocycles. The average Bonchev–Trinajstić information content (AvgIpc) is 3.18. The molecule has 0 spiro atoms. The number of hydrogen-bond acceptors (Lipinski definition) is 3. The summed E-state index contributed by atoms with van der Waals surface area (Å²) in [4.78, 5) is 28.0. The number of hydrogen-bond donors (Lipinski definition) is 1. The maximum absolute atomic E-state index is 14.0. The van der Waals surface area contributed by atoms with Gasteiger partial charge in [-0.15, -0.1) is 0 Å². The molecule has 3 rings (SSSR count). The molecule has 2 N–H and O–H groups in total. The van der Waals surface area contributed by atoms with Crippen LogP contribution in [0.3, 0.4) is 0 Å². The maximum Gasteiger partial charge on any atom is 0.259 e. The maximum atomic E-state index is 14.0. The van der Waals surface area contributed by atoms with Crippen molar-refractivity contribution in [3.05, 3.63) is 35.1 Å². The molecule has 2 amide bonds. The number of rotatable bonds is 5. The zero-order chi connectivity index (χ0) is 21.5. The first-order chi connectivity index (χ1) is 13.5. The highest BCUT2D eigenvalue weighted by molar-refractivity contribution is 5.85. The Balaban J connectivity index is 1.60. The number of alkyl halides is 1. The van der Waals surface area contributed by atoms with Gasteiger partial charge in [0.05, 0.1) is 6.04 Å². The number of nitrogens with zero attached hydrogens (tertiary/aromatic N) is 2. The molecule has 1 aromatic rings. The molecule has 2 fully saturated rings. The van der Waals surface area contributed by atoms with Gasteiger partial charge in [-0.25, -0.2) is 17.6 Å². The molecule has 0 aliphatic carbocycles. The largest absolute Gasteiger partial charge is 0.338 e. The van der Waals surface area contributed by atoms with Gasteiger partial charge >= 0.3 is 0 Å². The van der Waals surface area contributed by atoms with Crippen molar-refractivity contribution in [2.45, 2.75) is 50.9 Å². The van der Waals surface area contributed by atoms with Crippen molar-refractivity contribution in [2.75, 3.05) is 19.6 Å². The van der Waals surface area contributed by atoms with E-state index in [0.717, 1.165) is 6.07 Å². The van der Waals surface area contributed by atoms with E-state index in [0.29, 0.717) is 25.6 Å². The Bertz CT molecular complexity index is 812. The van der Waals surface area contributed by atoms with Crippen molar-refractivity contribution in [3.63, 3.8) is 0 Å². The van der Waals surface area contributed by atoms with Crippen molar-refractivity contribution in [3.8, 4) is 0 Å². The van der Waals surface area contributed by atoms with Crippen LogP contribution < -0.4 is 5.73 Å². The fourth-order valence-corrected chi connectivity index (χ4v) is 4.23. The molecular formula is C20H25F4N3O2. The first kappa shape index (κ1) is 21.5. The summed E-state index contributed by atoms with van der Waals surface area (Å²) in [6.07, 6.45) is 0.501. The summed E-state index contributed by atoms with van der Waals surface area (Å²) in [6, 6.07) is 0.242. The highest BCUT2D eigenvalue weighted by atomic mass is 19.2. The van der Waals surface area contributed by atoms with E-state index < -0.39 is 35.1 Å². The van der Waals surface area contributed by atoms with Crippen LogP contribution in [0.1, 0.15) is 32.3 Å². The second-order valence-corrected chi connectivity index (χ2v) is 8.41. The van der Waals surface area contributed by atoms with Gasteiger partial charge in [-0.1, -0.05) is 0 Å². The molecule has 160 valence electrons. The van der Waals surface area contributed by atoms with Gasteiger partial charge in [-0.3, -0.25) is 9.59 Å². The molecule has 0 bridgehead atoms. The minimum atomic E-state index is -1.97. The SMILES string of the molecule is CC(C)(F)C(=O)N1CC2CCN(C(=O)CC(N)Cc3cc(F)c(F)cc3F)C2C1. The van der Waals surface area contributed by atoms with Crippen LogP contribution in [0.4, 0.5) is 17.6 Å². The Kier molecular flexibility index (Phi) is 5.89. The third kappa shape index (κ3) is 4.55. The summed E-state index contributed by atoms with van der Waals surface area (Å²) in [6.45, 7) is 3.62. The first-order valence-corrected chi connectivity index (χ1v) is 9.64. The highest BCUT2D eigenvalue weighted by Gasteiger charge is 2.47. The van der Waals surface area contributed by atoms with E-state index in [1.165, 1.54) is 18.7 Å². The lowest BCUT2D eigenvalue weighted by Gasteiger charge is -2.27. The molecule has 0 saturated carbocycles. The zero-order valence-electron chi connectivity index (χ0n) is 16.4. The Morgan fingerprint density at radius 3 is 2.48 bits per heavy atom. The number of carbonyl (C=O) groups excluding carboxylic acids is 2. The zero-order valence-corrected chi connectivity index (χ0v) is 16.4. The molecule has 0 radical (unpaired) electrons. The van der Waals surface area contributed by atoms with Crippen molar-refractivity contribution >= 4 is 11.8 Å². The second kappa shape index (κ2) is 7.93. The molecule has 9 heteroatoms. The quantitative estimate of drug-likeness (QED) is 0.592. The Morgan fingerprint density at radius 1 is 1.17 bits per heavy atom. The number of halogens is 4. The molecule has 2 aliphatic rings. The van der Waals surface area contributed by atoms with Crippen molar-refractivity contribution in [2.24, 2.45) is 11.7 Å². The van der Waals surface area contributed by atoms with E-state index in [2.05, 4.69) is 0 Å². The molecule has 0 aromatic heterocycles. The van der Waals surface area contributed by atoms with Crippen molar-refractivity contribution in [1.82, 2.24) is 9.80 Å². The van der Waals surface area contributed by atoms with Gasteiger partial charge in [-0.05, 0) is 38.3 Å². The fraction of sp³-hybridized carbons (Fsp3) is 0.600. The fourth-order valence-electron chi connectivity index (χ4n) is 4.23. The first-order valence-electron chi connectivity index (χ1n) is 9.64. The van der Waals surface area contributed by atoms with Crippen molar-refractivity contribution < 1.29 is 27.2 Å². The third-order valence-corrected chi connectivity index (χ3v) is 5.67. The molecule has 2 aliphatic heterocycles. The standard InChI is InChI=1S/C20H25F4N3O2/c1-20(2,24)19(29)26-9-11-3-4-27(17(11)10-26)18(28)7-13(25)5-12-6-15(22)16(23)8-14(12)21/h6,8,11,13,17H,3-5,7,9-10,25H2,1-2H3. The van der Waals surface area contributed by atoms with Crippen LogP contribution in [-0.4, -0.2) is 59.0 Å². The van der Waals surface area contributed by atoms with E-state index in [1.54, 1.807) is 4.90 Å². The van der Waals surface area contributed by atoms with Crippen LogP contribution in [-0.2, 0) is 16.0 Å². The lowest BCUT2D eigenvalue weighted by molar-refractivity contribution is -0.142. The number of nitrogens with two attached hydrogens (primary N) is 1. The molecule has 5 nitrogen and oxygen atoms in total. The van der Waals surface area contributed by atoms with Gasteiger partial charge in [0.1, 0.15) is 5.82 Å². The van der Waals surface area contributed by atoms with E-state index >= 15 is 0 Å². The van der Waals surface area contributed by atoms with Gasteiger partial charge < -0.3 is 15.5 Å². The summed E-state index contributed by atoms with van der Waals surface area (Å²) >= 11 is 0. The Hall–Kier alpha value is -2.16. The van der Waals surface area contributed by atoms with Crippen LogP contribution in [0, 0.1) is 23.4 Å². The smallest absolute Gasteiger partial charge is 0.259 e. The monoisotopic (exact) mass is 415 g/mol. The van der Waals surface area contributed by atoms with Crippen LogP contribution in [0.25, 0.3) is 0 Å². The lowest BCUT2D eigenvalue weighted by atomic mass is 10.0. The van der Waals surface area contributed by atoms with E-state index in [-0.39, 0.29) is 42.8 Å². The summed E-state index contributed by atoms with van der Waals surface area (Å²) in [5.74, 6) is -4.12. The molecule has 29 heavy (non-hydrogen) atoms. The second-order valence-electron chi connectivity index (χ2n) is 8.41. The minimum Gasteiger partial charge on any atom is -0.338 e. The minimum absolute atomic E-state index is 0.0881. The van der Waals surface area contributed by atoms with Gasteiger partial charge in [0, 0.05) is 44.1 Å².